The number of benzene rings is 1. The van der Waals surface area contributed by atoms with Crippen LogP contribution in [0.2, 0.25) is 0 Å². The number of rotatable bonds is 4. The fraction of sp³-hybridized carbons (Fsp3) is 0.455. The van der Waals surface area contributed by atoms with Crippen LogP contribution in [0.25, 0.3) is 0 Å². The summed E-state index contributed by atoms with van der Waals surface area (Å²) in [5, 5.41) is -0.272. The summed E-state index contributed by atoms with van der Waals surface area (Å²) in [6, 6.07) is 9.70. The molecule has 0 amide bonds. The molecule has 0 bridgehead atoms. The maximum absolute atomic E-state index is 11.5. The van der Waals surface area contributed by atoms with Gasteiger partial charge in [0.25, 0.3) is 0 Å². The van der Waals surface area contributed by atoms with E-state index in [1.54, 1.807) is 13.8 Å². The summed E-state index contributed by atoms with van der Waals surface area (Å²) in [7, 11) is -2.90. The standard InChI is InChI=1S/C11H16O2S/c1-10(2)14(12,13)9-8-11-6-4-3-5-7-11/h3-7,10H,8-9H2,1-2H3. The first-order chi connectivity index (χ1) is 6.52. The van der Waals surface area contributed by atoms with E-state index < -0.39 is 9.84 Å². The molecule has 0 saturated carbocycles. The van der Waals surface area contributed by atoms with Crippen LogP contribution in [-0.4, -0.2) is 19.4 Å². The molecule has 0 N–H and O–H groups in total. The Labute approximate surface area is 85.9 Å². The summed E-state index contributed by atoms with van der Waals surface area (Å²) in [4.78, 5) is 0. The molecule has 0 spiro atoms. The Balaban J connectivity index is 2.58. The lowest BCUT2D eigenvalue weighted by Gasteiger charge is -2.06. The second-order valence-corrected chi connectivity index (χ2v) is 6.33. The average Bonchev–Trinajstić information content (AvgIpc) is 2.16. The second kappa shape index (κ2) is 4.60. The van der Waals surface area contributed by atoms with Gasteiger partial charge in [-0.3, -0.25) is 0 Å². The Kier molecular flexibility index (Phi) is 3.69. The number of aryl methyl sites for hydroxylation is 1. The second-order valence-electron chi connectivity index (χ2n) is 3.65. The van der Waals surface area contributed by atoms with Gasteiger partial charge >= 0.3 is 0 Å². The van der Waals surface area contributed by atoms with Crippen LogP contribution in [0, 0.1) is 0 Å². The van der Waals surface area contributed by atoms with Gasteiger partial charge in [-0.1, -0.05) is 30.3 Å². The molecule has 1 aromatic carbocycles. The van der Waals surface area contributed by atoms with Gasteiger partial charge in [0.05, 0.1) is 11.0 Å². The van der Waals surface area contributed by atoms with Crippen LogP contribution in [0.1, 0.15) is 19.4 Å². The Morgan fingerprint density at radius 3 is 2.21 bits per heavy atom. The van der Waals surface area contributed by atoms with Gasteiger partial charge in [0.1, 0.15) is 0 Å². The van der Waals surface area contributed by atoms with E-state index >= 15 is 0 Å². The van der Waals surface area contributed by atoms with Crippen molar-refractivity contribution in [1.29, 1.82) is 0 Å². The molecule has 0 aromatic heterocycles. The van der Waals surface area contributed by atoms with Crippen molar-refractivity contribution in [2.45, 2.75) is 25.5 Å². The van der Waals surface area contributed by atoms with Gasteiger partial charge < -0.3 is 0 Å². The maximum Gasteiger partial charge on any atom is 0.152 e. The van der Waals surface area contributed by atoms with E-state index in [-0.39, 0.29) is 11.0 Å². The minimum atomic E-state index is -2.90. The minimum Gasteiger partial charge on any atom is -0.229 e. The van der Waals surface area contributed by atoms with E-state index in [0.717, 1.165) is 5.56 Å². The molecule has 0 atom stereocenters. The Hall–Kier alpha value is -0.830. The predicted molar refractivity (Wildman–Crippen MR) is 59.1 cm³/mol. The largest absolute Gasteiger partial charge is 0.229 e. The van der Waals surface area contributed by atoms with Crippen molar-refractivity contribution in [3.8, 4) is 0 Å². The van der Waals surface area contributed by atoms with Gasteiger partial charge in [-0.05, 0) is 25.8 Å². The smallest absolute Gasteiger partial charge is 0.152 e. The predicted octanol–water partition coefficient (Wildman–Crippen LogP) is 2.05. The van der Waals surface area contributed by atoms with E-state index in [2.05, 4.69) is 0 Å². The summed E-state index contributed by atoms with van der Waals surface area (Å²) in [5.41, 5.74) is 1.08. The van der Waals surface area contributed by atoms with Gasteiger partial charge in [-0.25, -0.2) is 8.42 Å². The van der Waals surface area contributed by atoms with Crippen LogP contribution >= 0.6 is 0 Å². The lowest BCUT2D eigenvalue weighted by atomic mass is 10.2. The van der Waals surface area contributed by atoms with Gasteiger partial charge in [-0.2, -0.15) is 0 Å². The molecule has 0 aliphatic heterocycles. The van der Waals surface area contributed by atoms with Crippen LogP contribution in [0.15, 0.2) is 30.3 Å². The van der Waals surface area contributed by atoms with Gasteiger partial charge in [0.15, 0.2) is 9.84 Å². The van der Waals surface area contributed by atoms with Crippen molar-refractivity contribution < 1.29 is 8.42 Å². The molecule has 0 saturated heterocycles. The van der Waals surface area contributed by atoms with E-state index in [9.17, 15) is 8.42 Å². The first kappa shape index (κ1) is 11.2. The third kappa shape index (κ3) is 3.14. The molecular formula is C11H16O2S. The Morgan fingerprint density at radius 1 is 1.14 bits per heavy atom. The molecule has 3 heteroatoms. The van der Waals surface area contributed by atoms with Crippen LogP contribution in [-0.2, 0) is 16.3 Å². The molecule has 1 aromatic rings. The maximum atomic E-state index is 11.5. The van der Waals surface area contributed by atoms with Crippen LogP contribution < -0.4 is 0 Å². The highest BCUT2D eigenvalue weighted by Crippen LogP contribution is 2.06. The first-order valence-corrected chi connectivity index (χ1v) is 6.49. The highest BCUT2D eigenvalue weighted by Gasteiger charge is 2.15. The molecule has 78 valence electrons. The zero-order valence-corrected chi connectivity index (χ0v) is 9.42. The summed E-state index contributed by atoms with van der Waals surface area (Å²) < 4.78 is 23.0. The normalized spacial score (nSPS) is 11.9. The summed E-state index contributed by atoms with van der Waals surface area (Å²) in [6.45, 7) is 3.45. The van der Waals surface area contributed by atoms with Crippen molar-refractivity contribution in [3.63, 3.8) is 0 Å². The molecule has 14 heavy (non-hydrogen) atoms. The lowest BCUT2D eigenvalue weighted by Crippen LogP contribution is -2.18. The van der Waals surface area contributed by atoms with Crippen molar-refractivity contribution in [1.82, 2.24) is 0 Å². The summed E-state index contributed by atoms with van der Waals surface area (Å²) in [6.07, 6.45) is 0.612. The Morgan fingerprint density at radius 2 is 1.71 bits per heavy atom. The Bertz CT molecular complexity index is 366. The molecule has 0 aliphatic rings. The molecule has 1 rings (SSSR count). The van der Waals surface area contributed by atoms with Crippen molar-refractivity contribution in [2.24, 2.45) is 0 Å². The number of sulfone groups is 1. The van der Waals surface area contributed by atoms with E-state index in [1.165, 1.54) is 0 Å². The fourth-order valence-electron chi connectivity index (χ4n) is 1.14. The molecule has 2 nitrogen and oxygen atoms in total. The molecule has 0 radical (unpaired) electrons. The molecular weight excluding hydrogens is 196 g/mol. The van der Waals surface area contributed by atoms with Crippen LogP contribution in [0.5, 0.6) is 0 Å². The molecule has 0 fully saturated rings. The summed E-state index contributed by atoms with van der Waals surface area (Å²) >= 11 is 0. The monoisotopic (exact) mass is 212 g/mol. The van der Waals surface area contributed by atoms with Crippen molar-refractivity contribution in [3.05, 3.63) is 35.9 Å². The zero-order valence-electron chi connectivity index (χ0n) is 8.60. The van der Waals surface area contributed by atoms with Crippen LogP contribution in [0.3, 0.4) is 0 Å². The van der Waals surface area contributed by atoms with Crippen LogP contribution in [0.4, 0.5) is 0 Å². The van der Waals surface area contributed by atoms with Crippen molar-refractivity contribution >= 4 is 9.84 Å². The van der Waals surface area contributed by atoms with E-state index in [4.69, 9.17) is 0 Å². The molecule has 0 heterocycles. The quantitative estimate of drug-likeness (QED) is 0.765. The number of hydrogen-bond acceptors (Lipinski definition) is 2. The average molecular weight is 212 g/mol. The first-order valence-electron chi connectivity index (χ1n) is 4.78. The number of hydrogen-bond donors (Lipinski definition) is 0. The third-order valence-corrected chi connectivity index (χ3v) is 4.45. The van der Waals surface area contributed by atoms with Gasteiger partial charge in [0.2, 0.25) is 0 Å². The van der Waals surface area contributed by atoms with Gasteiger partial charge in [0, 0.05) is 0 Å². The van der Waals surface area contributed by atoms with Crippen molar-refractivity contribution in [2.75, 3.05) is 5.75 Å². The topological polar surface area (TPSA) is 34.1 Å². The zero-order chi connectivity index (χ0) is 10.6. The van der Waals surface area contributed by atoms with E-state index in [0.29, 0.717) is 6.42 Å². The van der Waals surface area contributed by atoms with E-state index in [1.807, 2.05) is 30.3 Å². The third-order valence-electron chi connectivity index (χ3n) is 2.24. The highest BCUT2D eigenvalue weighted by molar-refractivity contribution is 7.91. The van der Waals surface area contributed by atoms with Gasteiger partial charge in [-0.15, -0.1) is 0 Å². The SMILES string of the molecule is CC(C)S(=O)(=O)CCc1ccccc1. The fourth-order valence-corrected chi connectivity index (χ4v) is 2.13. The highest BCUT2D eigenvalue weighted by atomic mass is 32.2. The molecule has 0 aliphatic carbocycles. The lowest BCUT2D eigenvalue weighted by molar-refractivity contribution is 0.586. The summed E-state index contributed by atoms with van der Waals surface area (Å²) in [5.74, 6) is 0.245. The minimum absolute atomic E-state index is 0.245. The molecule has 0 unspecified atom stereocenters.